The molecule has 0 fully saturated rings. The molecule has 1 aromatic carbocycles. The number of nitrogens with one attached hydrogen (secondary N) is 1. The van der Waals surface area contributed by atoms with Crippen molar-refractivity contribution in [1.82, 2.24) is 5.32 Å². The van der Waals surface area contributed by atoms with Crippen molar-refractivity contribution in [1.29, 1.82) is 0 Å². The van der Waals surface area contributed by atoms with Crippen molar-refractivity contribution in [3.8, 4) is 5.75 Å². The predicted octanol–water partition coefficient (Wildman–Crippen LogP) is 3.18. The molecule has 1 amide bonds. The molecule has 0 aliphatic heterocycles. The molecule has 0 atom stereocenters. The fraction of sp³-hybridized carbons (Fsp3) is 0.562. The molecule has 19 heavy (non-hydrogen) atoms. The zero-order valence-electron chi connectivity index (χ0n) is 12.4. The Kier molecular flexibility index (Phi) is 6.40. The number of hydrogen-bond acceptors (Lipinski definition) is 2. The highest BCUT2D eigenvalue weighted by Crippen LogP contribution is 2.14. The first-order chi connectivity index (χ1) is 8.99. The number of benzene rings is 1. The van der Waals surface area contributed by atoms with Crippen LogP contribution < -0.4 is 10.1 Å². The lowest BCUT2D eigenvalue weighted by molar-refractivity contribution is -0.123. The summed E-state index contributed by atoms with van der Waals surface area (Å²) in [5, 5.41) is 2.93. The van der Waals surface area contributed by atoms with Gasteiger partial charge in [0, 0.05) is 12.5 Å². The number of rotatable bonds is 7. The fourth-order valence-electron chi connectivity index (χ4n) is 1.72. The maximum atomic E-state index is 11.4. The van der Waals surface area contributed by atoms with E-state index in [1.54, 1.807) is 0 Å². The first-order valence-corrected chi connectivity index (χ1v) is 7.02. The molecule has 0 radical (unpaired) electrons. The molecule has 3 nitrogen and oxygen atoms in total. The first kappa shape index (κ1) is 15.5. The minimum atomic E-state index is 0.0625. The Labute approximate surface area is 116 Å². The van der Waals surface area contributed by atoms with Gasteiger partial charge in [-0.05, 0) is 44.4 Å². The van der Waals surface area contributed by atoms with E-state index in [-0.39, 0.29) is 17.9 Å². The van der Waals surface area contributed by atoms with Gasteiger partial charge in [-0.2, -0.15) is 0 Å². The van der Waals surface area contributed by atoms with Crippen molar-refractivity contribution in [2.75, 3.05) is 6.54 Å². The van der Waals surface area contributed by atoms with Gasteiger partial charge >= 0.3 is 0 Å². The third kappa shape index (κ3) is 6.27. The van der Waals surface area contributed by atoms with E-state index < -0.39 is 0 Å². The van der Waals surface area contributed by atoms with Crippen molar-refractivity contribution in [3.05, 3.63) is 29.8 Å². The van der Waals surface area contributed by atoms with Crippen LogP contribution in [-0.2, 0) is 11.2 Å². The zero-order chi connectivity index (χ0) is 14.3. The molecule has 106 valence electrons. The number of aryl methyl sites for hydroxylation is 1. The second kappa shape index (κ2) is 7.82. The van der Waals surface area contributed by atoms with Crippen molar-refractivity contribution >= 4 is 5.91 Å². The smallest absolute Gasteiger partial charge is 0.222 e. The Bertz CT molecular complexity index is 382. The molecule has 0 aliphatic carbocycles. The summed E-state index contributed by atoms with van der Waals surface area (Å²) >= 11 is 0. The maximum Gasteiger partial charge on any atom is 0.222 e. The van der Waals surface area contributed by atoms with Gasteiger partial charge in [0.1, 0.15) is 5.75 Å². The molecule has 0 aliphatic rings. The van der Waals surface area contributed by atoms with Gasteiger partial charge in [0.05, 0.1) is 6.10 Å². The van der Waals surface area contributed by atoms with Crippen molar-refractivity contribution in [2.45, 2.75) is 46.6 Å². The van der Waals surface area contributed by atoms with E-state index in [0.717, 1.165) is 25.1 Å². The van der Waals surface area contributed by atoms with E-state index in [1.807, 2.05) is 39.8 Å². The summed E-state index contributed by atoms with van der Waals surface area (Å²) in [5.41, 5.74) is 1.27. The SMILES string of the molecule is CC(C)Oc1ccc(CCCNC(=O)C(C)C)cc1. The Morgan fingerprint density at radius 2 is 1.79 bits per heavy atom. The van der Waals surface area contributed by atoms with E-state index in [4.69, 9.17) is 4.74 Å². The highest BCUT2D eigenvalue weighted by molar-refractivity contribution is 5.77. The predicted molar refractivity (Wildman–Crippen MR) is 78.4 cm³/mol. The molecule has 0 saturated heterocycles. The third-order valence-corrected chi connectivity index (χ3v) is 2.76. The first-order valence-electron chi connectivity index (χ1n) is 7.02. The number of carbonyl (C=O) groups excluding carboxylic acids is 1. The van der Waals surface area contributed by atoms with Crippen LogP contribution in [0.4, 0.5) is 0 Å². The average molecular weight is 263 g/mol. The second-order valence-electron chi connectivity index (χ2n) is 5.36. The third-order valence-electron chi connectivity index (χ3n) is 2.76. The van der Waals surface area contributed by atoms with Crippen molar-refractivity contribution < 1.29 is 9.53 Å². The second-order valence-corrected chi connectivity index (χ2v) is 5.36. The Hall–Kier alpha value is -1.51. The molecule has 0 heterocycles. The normalized spacial score (nSPS) is 10.8. The molecule has 0 spiro atoms. The molecule has 3 heteroatoms. The highest BCUT2D eigenvalue weighted by atomic mass is 16.5. The average Bonchev–Trinajstić information content (AvgIpc) is 2.35. The quantitative estimate of drug-likeness (QED) is 0.767. The number of carbonyl (C=O) groups is 1. The molecule has 1 N–H and O–H groups in total. The van der Waals surface area contributed by atoms with Crippen LogP contribution in [-0.4, -0.2) is 18.6 Å². The summed E-state index contributed by atoms with van der Waals surface area (Å²) < 4.78 is 5.60. The van der Waals surface area contributed by atoms with E-state index >= 15 is 0 Å². The van der Waals surface area contributed by atoms with E-state index in [1.165, 1.54) is 5.56 Å². The Balaban J connectivity index is 2.28. The monoisotopic (exact) mass is 263 g/mol. The molecule has 1 rings (SSSR count). The Morgan fingerprint density at radius 1 is 1.16 bits per heavy atom. The van der Waals surface area contributed by atoms with Gasteiger partial charge in [-0.25, -0.2) is 0 Å². The largest absolute Gasteiger partial charge is 0.491 e. The molecular weight excluding hydrogens is 238 g/mol. The van der Waals surface area contributed by atoms with Gasteiger partial charge < -0.3 is 10.1 Å². The van der Waals surface area contributed by atoms with Gasteiger partial charge in [-0.15, -0.1) is 0 Å². The van der Waals surface area contributed by atoms with Crippen molar-refractivity contribution in [2.24, 2.45) is 5.92 Å². The van der Waals surface area contributed by atoms with Crippen LogP contribution in [0.15, 0.2) is 24.3 Å². The summed E-state index contributed by atoms with van der Waals surface area (Å²) in [4.78, 5) is 11.4. The van der Waals surface area contributed by atoms with Gasteiger partial charge in [-0.1, -0.05) is 26.0 Å². The Morgan fingerprint density at radius 3 is 2.32 bits per heavy atom. The van der Waals surface area contributed by atoms with Crippen LogP contribution in [0.25, 0.3) is 0 Å². The highest BCUT2D eigenvalue weighted by Gasteiger charge is 2.05. The summed E-state index contributed by atoms with van der Waals surface area (Å²) in [5.74, 6) is 1.10. The van der Waals surface area contributed by atoms with Crippen LogP contribution in [0.5, 0.6) is 5.75 Å². The van der Waals surface area contributed by atoms with E-state index in [9.17, 15) is 4.79 Å². The van der Waals surface area contributed by atoms with Gasteiger partial charge in [0.25, 0.3) is 0 Å². The summed E-state index contributed by atoms with van der Waals surface area (Å²) in [6.45, 7) is 8.59. The molecule has 0 unspecified atom stereocenters. The standard InChI is InChI=1S/C16H25NO2/c1-12(2)16(18)17-11-5-6-14-7-9-15(10-8-14)19-13(3)4/h7-10,12-13H,5-6,11H2,1-4H3,(H,17,18). The lowest BCUT2D eigenvalue weighted by atomic mass is 10.1. The van der Waals surface area contributed by atoms with Gasteiger partial charge in [-0.3, -0.25) is 4.79 Å². The lowest BCUT2D eigenvalue weighted by Gasteiger charge is -2.10. The fourth-order valence-corrected chi connectivity index (χ4v) is 1.72. The van der Waals surface area contributed by atoms with E-state index in [0.29, 0.717) is 0 Å². The molecule has 0 saturated carbocycles. The summed E-state index contributed by atoms with van der Waals surface area (Å²) in [6, 6.07) is 8.17. The van der Waals surface area contributed by atoms with Crippen LogP contribution in [0.2, 0.25) is 0 Å². The maximum absolute atomic E-state index is 11.4. The number of ether oxygens (including phenoxy) is 1. The van der Waals surface area contributed by atoms with Crippen LogP contribution in [0, 0.1) is 5.92 Å². The summed E-state index contributed by atoms with van der Waals surface area (Å²) in [6.07, 6.45) is 2.14. The van der Waals surface area contributed by atoms with Gasteiger partial charge in [0.2, 0.25) is 5.91 Å². The van der Waals surface area contributed by atoms with Crippen LogP contribution in [0.1, 0.15) is 39.7 Å². The molecular formula is C16H25NO2. The number of hydrogen-bond donors (Lipinski definition) is 1. The van der Waals surface area contributed by atoms with Crippen LogP contribution in [0.3, 0.4) is 0 Å². The molecule has 0 aromatic heterocycles. The van der Waals surface area contributed by atoms with Crippen LogP contribution >= 0.6 is 0 Å². The number of amides is 1. The van der Waals surface area contributed by atoms with E-state index in [2.05, 4.69) is 17.4 Å². The minimum absolute atomic E-state index is 0.0625. The summed E-state index contributed by atoms with van der Waals surface area (Å²) in [7, 11) is 0. The molecule has 1 aromatic rings. The minimum Gasteiger partial charge on any atom is -0.491 e. The molecule has 0 bridgehead atoms. The lowest BCUT2D eigenvalue weighted by Crippen LogP contribution is -2.28. The van der Waals surface area contributed by atoms with Gasteiger partial charge in [0.15, 0.2) is 0 Å². The topological polar surface area (TPSA) is 38.3 Å². The van der Waals surface area contributed by atoms with Crippen molar-refractivity contribution in [3.63, 3.8) is 0 Å². The zero-order valence-corrected chi connectivity index (χ0v) is 12.4.